The molecule has 1 nitrogen and oxygen atoms in total. The molecular formula is C13H7F4N. The standard InChI is InChI=1S/C13H7F4N/c14-9-5-4-8(6-12(9)17)7-18-13-10(15)2-1-3-11(13)16/h1-7H. The van der Waals surface area contributed by atoms with Crippen molar-refractivity contribution in [3.8, 4) is 0 Å². The lowest BCUT2D eigenvalue weighted by atomic mass is 10.2. The quantitative estimate of drug-likeness (QED) is 0.566. The van der Waals surface area contributed by atoms with Gasteiger partial charge in [-0.25, -0.2) is 17.6 Å². The van der Waals surface area contributed by atoms with Gasteiger partial charge < -0.3 is 0 Å². The largest absolute Gasteiger partial charge is 0.250 e. The van der Waals surface area contributed by atoms with E-state index in [2.05, 4.69) is 4.99 Å². The summed E-state index contributed by atoms with van der Waals surface area (Å²) >= 11 is 0. The Bertz CT molecular complexity index is 588. The predicted molar refractivity (Wildman–Crippen MR) is 60.0 cm³/mol. The molecule has 0 heterocycles. The maximum atomic E-state index is 13.2. The summed E-state index contributed by atoms with van der Waals surface area (Å²) in [4.78, 5) is 3.58. The first-order chi connectivity index (χ1) is 8.58. The first kappa shape index (κ1) is 12.3. The summed E-state index contributed by atoms with van der Waals surface area (Å²) in [6, 6.07) is 6.37. The van der Waals surface area contributed by atoms with E-state index in [0.717, 1.165) is 30.5 Å². The average molecular weight is 253 g/mol. The minimum Gasteiger partial charge on any atom is -0.250 e. The number of nitrogens with zero attached hydrogens (tertiary/aromatic N) is 1. The van der Waals surface area contributed by atoms with Crippen LogP contribution < -0.4 is 0 Å². The molecule has 18 heavy (non-hydrogen) atoms. The Balaban J connectivity index is 2.33. The number of halogens is 4. The van der Waals surface area contributed by atoms with E-state index in [9.17, 15) is 17.6 Å². The van der Waals surface area contributed by atoms with Crippen molar-refractivity contribution in [2.45, 2.75) is 0 Å². The van der Waals surface area contributed by atoms with E-state index in [4.69, 9.17) is 0 Å². The van der Waals surface area contributed by atoms with Gasteiger partial charge in [0.25, 0.3) is 0 Å². The lowest BCUT2D eigenvalue weighted by Crippen LogP contribution is -1.88. The minimum absolute atomic E-state index is 0.205. The van der Waals surface area contributed by atoms with Crippen molar-refractivity contribution in [1.82, 2.24) is 0 Å². The zero-order chi connectivity index (χ0) is 13.1. The molecule has 2 aromatic carbocycles. The number of hydrogen-bond donors (Lipinski definition) is 0. The van der Waals surface area contributed by atoms with Gasteiger partial charge in [0.1, 0.15) is 5.69 Å². The zero-order valence-corrected chi connectivity index (χ0v) is 9.00. The number of para-hydroxylation sites is 1. The Morgan fingerprint density at radius 3 is 2.06 bits per heavy atom. The Kier molecular flexibility index (Phi) is 3.41. The van der Waals surface area contributed by atoms with Crippen LogP contribution in [0.3, 0.4) is 0 Å². The number of rotatable bonds is 2. The van der Waals surface area contributed by atoms with Gasteiger partial charge in [0.2, 0.25) is 0 Å². The first-order valence-corrected chi connectivity index (χ1v) is 5.01. The van der Waals surface area contributed by atoms with Crippen LogP contribution in [-0.4, -0.2) is 6.21 Å². The van der Waals surface area contributed by atoms with Crippen molar-refractivity contribution in [3.63, 3.8) is 0 Å². The molecule has 2 aromatic rings. The van der Waals surface area contributed by atoms with E-state index in [1.807, 2.05) is 0 Å². The summed E-state index contributed by atoms with van der Waals surface area (Å²) in [5, 5.41) is 0. The maximum absolute atomic E-state index is 13.2. The lowest BCUT2D eigenvalue weighted by Gasteiger charge is -1.98. The van der Waals surface area contributed by atoms with Crippen LogP contribution >= 0.6 is 0 Å². The highest BCUT2D eigenvalue weighted by Crippen LogP contribution is 2.21. The van der Waals surface area contributed by atoms with Crippen LogP contribution in [0.1, 0.15) is 5.56 Å². The summed E-state index contributed by atoms with van der Waals surface area (Å²) in [6.07, 6.45) is 1.06. The highest BCUT2D eigenvalue weighted by molar-refractivity contribution is 5.82. The summed E-state index contributed by atoms with van der Waals surface area (Å²) in [6.45, 7) is 0. The summed E-state index contributed by atoms with van der Waals surface area (Å²) in [5.74, 6) is -3.69. The third-order valence-electron chi connectivity index (χ3n) is 2.22. The van der Waals surface area contributed by atoms with E-state index in [0.29, 0.717) is 0 Å². The topological polar surface area (TPSA) is 12.4 Å². The molecule has 0 N–H and O–H groups in total. The highest BCUT2D eigenvalue weighted by Gasteiger charge is 2.06. The van der Waals surface area contributed by atoms with Crippen molar-refractivity contribution in [2.75, 3.05) is 0 Å². The molecule has 0 aliphatic carbocycles. The molecule has 0 radical (unpaired) electrons. The van der Waals surface area contributed by atoms with Crippen LogP contribution in [0.4, 0.5) is 23.2 Å². The van der Waals surface area contributed by atoms with Gasteiger partial charge in [-0.2, -0.15) is 0 Å². The van der Waals surface area contributed by atoms with Crippen molar-refractivity contribution in [1.29, 1.82) is 0 Å². The molecule has 5 heteroatoms. The molecule has 0 saturated heterocycles. The van der Waals surface area contributed by atoms with E-state index in [1.54, 1.807) is 0 Å². The van der Waals surface area contributed by atoms with E-state index in [1.165, 1.54) is 12.1 Å². The van der Waals surface area contributed by atoms with Gasteiger partial charge in [0.15, 0.2) is 23.3 Å². The highest BCUT2D eigenvalue weighted by atomic mass is 19.2. The molecule has 0 spiro atoms. The normalized spacial score (nSPS) is 11.1. The molecule has 0 unspecified atom stereocenters. The van der Waals surface area contributed by atoms with Crippen molar-refractivity contribution >= 4 is 11.9 Å². The van der Waals surface area contributed by atoms with Gasteiger partial charge in [-0.15, -0.1) is 0 Å². The molecule has 0 amide bonds. The summed E-state index contributed by atoms with van der Waals surface area (Å²) in [7, 11) is 0. The van der Waals surface area contributed by atoms with Crippen LogP contribution in [0, 0.1) is 23.3 Å². The van der Waals surface area contributed by atoms with Gasteiger partial charge in [-0.3, -0.25) is 4.99 Å². The molecular weight excluding hydrogens is 246 g/mol. The lowest BCUT2D eigenvalue weighted by molar-refractivity contribution is 0.508. The number of hydrogen-bond acceptors (Lipinski definition) is 1. The van der Waals surface area contributed by atoms with Crippen molar-refractivity contribution in [3.05, 3.63) is 65.2 Å². The van der Waals surface area contributed by atoms with Gasteiger partial charge >= 0.3 is 0 Å². The average Bonchev–Trinajstić information content (AvgIpc) is 2.33. The SMILES string of the molecule is Fc1ccc(C=Nc2c(F)cccc2F)cc1F. The molecule has 0 aliphatic heterocycles. The van der Waals surface area contributed by atoms with Gasteiger partial charge in [-0.05, 0) is 29.8 Å². The third kappa shape index (κ3) is 2.56. The zero-order valence-electron chi connectivity index (χ0n) is 9.00. The second-order valence-electron chi connectivity index (χ2n) is 3.50. The second kappa shape index (κ2) is 5.00. The van der Waals surface area contributed by atoms with Gasteiger partial charge in [-0.1, -0.05) is 12.1 Å². The van der Waals surface area contributed by atoms with Crippen LogP contribution in [0.25, 0.3) is 0 Å². The second-order valence-corrected chi connectivity index (χ2v) is 3.50. The van der Waals surface area contributed by atoms with Crippen LogP contribution in [0.15, 0.2) is 41.4 Å². The maximum Gasteiger partial charge on any atom is 0.159 e. The Labute approximate surface area is 100 Å². The van der Waals surface area contributed by atoms with E-state index >= 15 is 0 Å². The van der Waals surface area contributed by atoms with Crippen LogP contribution in [0.2, 0.25) is 0 Å². The Morgan fingerprint density at radius 2 is 1.44 bits per heavy atom. The fraction of sp³-hybridized carbons (Fsp3) is 0. The van der Waals surface area contributed by atoms with Crippen LogP contribution in [0.5, 0.6) is 0 Å². The summed E-state index contributed by atoms with van der Waals surface area (Å²) in [5.41, 5.74) is -0.265. The first-order valence-electron chi connectivity index (χ1n) is 5.01. The van der Waals surface area contributed by atoms with Crippen molar-refractivity contribution in [2.24, 2.45) is 4.99 Å². The van der Waals surface area contributed by atoms with Crippen molar-refractivity contribution < 1.29 is 17.6 Å². The molecule has 0 saturated carbocycles. The van der Waals surface area contributed by atoms with Gasteiger partial charge in [0.05, 0.1) is 0 Å². The Hall–Kier alpha value is -2.17. The summed E-state index contributed by atoms with van der Waals surface area (Å²) < 4.78 is 51.9. The predicted octanol–water partition coefficient (Wildman–Crippen LogP) is 3.99. The van der Waals surface area contributed by atoms with E-state index in [-0.39, 0.29) is 5.56 Å². The van der Waals surface area contributed by atoms with E-state index < -0.39 is 29.0 Å². The smallest absolute Gasteiger partial charge is 0.159 e. The number of aliphatic imine (C=N–C) groups is 1. The Morgan fingerprint density at radius 1 is 0.778 bits per heavy atom. The number of benzene rings is 2. The molecule has 0 fully saturated rings. The molecule has 0 aromatic heterocycles. The van der Waals surface area contributed by atoms with Crippen LogP contribution in [-0.2, 0) is 0 Å². The fourth-order valence-electron chi connectivity index (χ4n) is 1.34. The molecule has 0 atom stereocenters. The minimum atomic E-state index is -1.05. The molecule has 0 aliphatic rings. The molecule has 0 bridgehead atoms. The fourth-order valence-corrected chi connectivity index (χ4v) is 1.34. The van der Waals surface area contributed by atoms with Gasteiger partial charge in [0, 0.05) is 6.21 Å². The third-order valence-corrected chi connectivity index (χ3v) is 2.22. The monoisotopic (exact) mass is 253 g/mol. The molecule has 2 rings (SSSR count). The molecule has 92 valence electrons.